The maximum absolute atomic E-state index is 8.74. The molecular formula is C21H28ClNO5S. The highest BCUT2D eigenvalue weighted by molar-refractivity contribution is 7.79. The van der Waals surface area contributed by atoms with Gasteiger partial charge in [-0.2, -0.15) is 8.42 Å². The fourth-order valence-corrected chi connectivity index (χ4v) is 3.73. The van der Waals surface area contributed by atoms with Crippen LogP contribution in [0.15, 0.2) is 54.6 Å². The van der Waals surface area contributed by atoms with Gasteiger partial charge in [0.1, 0.15) is 5.60 Å². The number of halogens is 1. The molecule has 1 aliphatic heterocycles. The lowest BCUT2D eigenvalue weighted by Gasteiger charge is -2.32. The van der Waals surface area contributed by atoms with E-state index in [1.165, 1.54) is 24.9 Å². The monoisotopic (exact) mass is 441 g/mol. The van der Waals surface area contributed by atoms with Crippen molar-refractivity contribution in [2.45, 2.75) is 37.8 Å². The number of likely N-dealkylation sites (tertiary alicyclic amines) is 1. The van der Waals surface area contributed by atoms with Gasteiger partial charge in [0.15, 0.2) is 0 Å². The molecule has 2 aromatic carbocycles. The molecule has 1 heterocycles. The van der Waals surface area contributed by atoms with E-state index in [1.54, 1.807) is 0 Å². The number of rotatable bonds is 6. The molecule has 1 aliphatic rings. The SMILES string of the molecule is CN1CCC[C@@H]1CCO[C@](C)(c1ccccc1)c1ccc(Cl)cc1.O=S(=O)(O)O. The molecule has 2 aromatic rings. The molecule has 1 saturated heterocycles. The summed E-state index contributed by atoms with van der Waals surface area (Å²) in [5, 5.41) is 0.752. The topological polar surface area (TPSA) is 87.1 Å². The van der Waals surface area contributed by atoms with E-state index in [0.29, 0.717) is 6.04 Å². The van der Waals surface area contributed by atoms with Crippen molar-refractivity contribution in [1.82, 2.24) is 4.90 Å². The second kappa shape index (κ2) is 10.5. The lowest BCUT2D eigenvalue weighted by Crippen LogP contribution is -2.31. The Morgan fingerprint density at radius 1 is 1.10 bits per heavy atom. The van der Waals surface area contributed by atoms with E-state index in [9.17, 15) is 0 Å². The van der Waals surface area contributed by atoms with E-state index in [2.05, 4.69) is 55.3 Å². The van der Waals surface area contributed by atoms with E-state index >= 15 is 0 Å². The van der Waals surface area contributed by atoms with Gasteiger partial charge in [-0.25, -0.2) is 0 Å². The van der Waals surface area contributed by atoms with Crippen molar-refractivity contribution in [2.24, 2.45) is 0 Å². The molecular weight excluding hydrogens is 414 g/mol. The molecule has 3 rings (SSSR count). The Hall–Kier alpha value is -1.48. The lowest BCUT2D eigenvalue weighted by molar-refractivity contribution is -0.0117. The predicted octanol–water partition coefficient (Wildman–Crippen LogP) is 4.45. The largest absolute Gasteiger partial charge is 0.394 e. The fraction of sp³-hybridized carbons (Fsp3) is 0.429. The zero-order chi connectivity index (χ0) is 21.5. The Bertz CT molecular complexity index is 852. The second-order valence-electron chi connectivity index (χ2n) is 7.27. The van der Waals surface area contributed by atoms with Gasteiger partial charge in [0, 0.05) is 17.7 Å². The highest BCUT2D eigenvalue weighted by atomic mass is 35.5. The first-order valence-corrected chi connectivity index (χ1v) is 11.2. The molecule has 2 N–H and O–H groups in total. The molecule has 0 spiro atoms. The van der Waals surface area contributed by atoms with Crippen LogP contribution in [0.1, 0.15) is 37.3 Å². The Morgan fingerprint density at radius 2 is 1.66 bits per heavy atom. The van der Waals surface area contributed by atoms with Crippen LogP contribution >= 0.6 is 11.6 Å². The maximum atomic E-state index is 8.74. The normalized spacial score (nSPS) is 19.3. The first kappa shape index (κ1) is 23.8. The highest BCUT2D eigenvalue weighted by Gasteiger charge is 2.30. The van der Waals surface area contributed by atoms with E-state index in [-0.39, 0.29) is 0 Å². The molecule has 0 unspecified atom stereocenters. The van der Waals surface area contributed by atoms with Gasteiger partial charge in [-0.15, -0.1) is 0 Å². The first-order valence-electron chi connectivity index (χ1n) is 9.45. The number of hydrogen-bond acceptors (Lipinski definition) is 4. The average Bonchev–Trinajstić information content (AvgIpc) is 3.06. The summed E-state index contributed by atoms with van der Waals surface area (Å²) in [7, 11) is -2.45. The molecule has 0 radical (unpaired) electrons. The van der Waals surface area contributed by atoms with Crippen LogP contribution in [0.5, 0.6) is 0 Å². The zero-order valence-corrected chi connectivity index (χ0v) is 18.2. The quantitative estimate of drug-likeness (QED) is 0.644. The number of hydrogen-bond donors (Lipinski definition) is 2. The molecule has 160 valence electrons. The van der Waals surface area contributed by atoms with Crippen molar-refractivity contribution in [2.75, 3.05) is 20.2 Å². The minimum absolute atomic E-state index is 0.455. The summed E-state index contributed by atoms with van der Waals surface area (Å²) in [5.74, 6) is 0. The van der Waals surface area contributed by atoms with Gasteiger partial charge in [-0.3, -0.25) is 9.11 Å². The van der Waals surface area contributed by atoms with Gasteiger partial charge < -0.3 is 9.64 Å². The molecule has 6 nitrogen and oxygen atoms in total. The number of benzene rings is 2. The zero-order valence-electron chi connectivity index (χ0n) is 16.7. The minimum atomic E-state index is -4.67. The average molecular weight is 442 g/mol. The molecule has 29 heavy (non-hydrogen) atoms. The molecule has 0 amide bonds. The van der Waals surface area contributed by atoms with E-state index < -0.39 is 16.0 Å². The van der Waals surface area contributed by atoms with Gasteiger partial charge in [-0.1, -0.05) is 54.1 Å². The van der Waals surface area contributed by atoms with Crippen molar-refractivity contribution in [3.63, 3.8) is 0 Å². The van der Waals surface area contributed by atoms with E-state index in [0.717, 1.165) is 23.6 Å². The van der Waals surface area contributed by atoms with Crippen LogP contribution in [0.4, 0.5) is 0 Å². The molecule has 8 heteroatoms. The number of ether oxygens (including phenoxy) is 1. The predicted molar refractivity (Wildman–Crippen MR) is 115 cm³/mol. The van der Waals surface area contributed by atoms with Crippen LogP contribution in [-0.4, -0.2) is 48.7 Å². The molecule has 0 aliphatic carbocycles. The first-order chi connectivity index (χ1) is 13.6. The standard InChI is InChI=1S/C21H26ClNO.H2O4S/c1-21(17-7-4-3-5-8-17,18-10-12-19(22)13-11-18)24-16-14-20-9-6-15-23(20)2;1-5(2,3)4/h3-5,7-8,10-13,20H,6,9,14-16H2,1-2H3;(H2,1,2,3,4)/t20-,21-;/m1./s1. The summed E-state index contributed by atoms with van der Waals surface area (Å²) in [6.07, 6.45) is 3.66. The Kier molecular flexibility index (Phi) is 8.63. The van der Waals surface area contributed by atoms with Gasteiger partial charge in [0.2, 0.25) is 0 Å². The van der Waals surface area contributed by atoms with Crippen LogP contribution in [0.3, 0.4) is 0 Å². The van der Waals surface area contributed by atoms with Crippen molar-refractivity contribution in [3.05, 3.63) is 70.7 Å². The summed E-state index contributed by atoms with van der Waals surface area (Å²) in [6, 6.07) is 19.1. The van der Waals surface area contributed by atoms with Crippen molar-refractivity contribution < 1.29 is 22.3 Å². The number of nitrogens with zero attached hydrogens (tertiary/aromatic N) is 1. The van der Waals surface area contributed by atoms with E-state index in [1.807, 2.05) is 18.2 Å². The fourth-order valence-electron chi connectivity index (χ4n) is 3.60. The van der Waals surface area contributed by atoms with Crippen LogP contribution in [0, 0.1) is 0 Å². The van der Waals surface area contributed by atoms with Crippen LogP contribution in [0.25, 0.3) is 0 Å². The summed E-state index contributed by atoms with van der Waals surface area (Å²) < 4.78 is 38.1. The highest BCUT2D eigenvalue weighted by Crippen LogP contribution is 2.34. The van der Waals surface area contributed by atoms with Crippen LogP contribution in [0.2, 0.25) is 5.02 Å². The third-order valence-electron chi connectivity index (χ3n) is 5.23. The molecule has 1 fully saturated rings. The smallest absolute Gasteiger partial charge is 0.366 e. The van der Waals surface area contributed by atoms with Crippen LogP contribution < -0.4 is 0 Å². The molecule has 0 aromatic heterocycles. The maximum Gasteiger partial charge on any atom is 0.394 e. The minimum Gasteiger partial charge on any atom is -0.366 e. The van der Waals surface area contributed by atoms with Gasteiger partial charge in [0.05, 0.1) is 0 Å². The summed E-state index contributed by atoms with van der Waals surface area (Å²) in [6.45, 7) is 4.12. The summed E-state index contributed by atoms with van der Waals surface area (Å²) >= 11 is 6.07. The molecule has 0 saturated carbocycles. The molecule has 0 bridgehead atoms. The van der Waals surface area contributed by atoms with Gasteiger partial charge in [-0.05, 0) is 63.0 Å². The van der Waals surface area contributed by atoms with Gasteiger partial charge >= 0.3 is 10.4 Å². The lowest BCUT2D eigenvalue weighted by atomic mass is 9.88. The third-order valence-corrected chi connectivity index (χ3v) is 5.49. The van der Waals surface area contributed by atoms with Crippen LogP contribution in [-0.2, 0) is 20.7 Å². The Morgan fingerprint density at radius 3 is 2.17 bits per heavy atom. The molecule has 2 atom stereocenters. The van der Waals surface area contributed by atoms with Gasteiger partial charge in [0.25, 0.3) is 0 Å². The van der Waals surface area contributed by atoms with Crippen molar-refractivity contribution in [3.8, 4) is 0 Å². The Labute approximate surface area is 178 Å². The van der Waals surface area contributed by atoms with Crippen molar-refractivity contribution in [1.29, 1.82) is 0 Å². The summed E-state index contributed by atoms with van der Waals surface area (Å²) in [4.78, 5) is 2.45. The second-order valence-corrected chi connectivity index (χ2v) is 8.60. The van der Waals surface area contributed by atoms with Crippen molar-refractivity contribution >= 4 is 22.0 Å². The summed E-state index contributed by atoms with van der Waals surface area (Å²) in [5.41, 5.74) is 1.85. The third kappa shape index (κ3) is 7.70. The Balaban J connectivity index is 0.000000537. The van der Waals surface area contributed by atoms with E-state index in [4.69, 9.17) is 33.9 Å².